The molecule has 1 N–H and O–H groups in total. The molecule has 0 radical (unpaired) electrons. The lowest BCUT2D eigenvalue weighted by Gasteiger charge is -2.21. The molecule has 23 heavy (non-hydrogen) atoms. The molecule has 2 bridgehead atoms. The van der Waals surface area contributed by atoms with Gasteiger partial charge in [0.15, 0.2) is 0 Å². The molecule has 2 fully saturated rings. The van der Waals surface area contributed by atoms with Gasteiger partial charge in [-0.05, 0) is 42.4 Å². The van der Waals surface area contributed by atoms with Gasteiger partial charge in [-0.25, -0.2) is 4.90 Å². The molecule has 4 aliphatic rings. The van der Waals surface area contributed by atoms with E-state index in [-0.39, 0.29) is 41.4 Å². The highest BCUT2D eigenvalue weighted by Gasteiger charge is 2.59. The van der Waals surface area contributed by atoms with Crippen LogP contribution in [0.4, 0.5) is 11.4 Å². The molecule has 1 aromatic carbocycles. The summed E-state index contributed by atoms with van der Waals surface area (Å²) >= 11 is 0. The number of aryl methyl sites for hydroxylation is 1. The third kappa shape index (κ3) is 1.65. The number of carbonyl (C=O) groups excluding carboxylic acids is 3. The summed E-state index contributed by atoms with van der Waals surface area (Å²) in [7, 11) is 0. The third-order valence-corrected chi connectivity index (χ3v) is 5.72. The van der Waals surface area contributed by atoms with Crippen molar-refractivity contribution in [3.05, 3.63) is 35.9 Å². The number of hydrogen-bond acceptors (Lipinski definition) is 3. The van der Waals surface area contributed by atoms with Crippen molar-refractivity contribution in [1.29, 1.82) is 0 Å². The number of amides is 3. The zero-order valence-electron chi connectivity index (χ0n) is 12.5. The summed E-state index contributed by atoms with van der Waals surface area (Å²) in [5.41, 5.74) is 2.35. The van der Waals surface area contributed by atoms with Gasteiger partial charge in [-0.3, -0.25) is 14.4 Å². The maximum absolute atomic E-state index is 12.8. The van der Waals surface area contributed by atoms with Crippen LogP contribution in [0.1, 0.15) is 18.4 Å². The molecule has 1 aromatic rings. The van der Waals surface area contributed by atoms with Crippen molar-refractivity contribution < 1.29 is 14.4 Å². The fourth-order valence-electron chi connectivity index (χ4n) is 4.66. The molecule has 4 atom stereocenters. The second-order valence-corrected chi connectivity index (χ2v) is 6.90. The van der Waals surface area contributed by atoms with E-state index in [1.54, 1.807) is 6.07 Å². The number of hydrogen-bond donors (Lipinski definition) is 1. The molecule has 0 aromatic heterocycles. The number of fused-ring (bicyclic) bond motifs is 6. The van der Waals surface area contributed by atoms with E-state index in [9.17, 15) is 14.4 Å². The summed E-state index contributed by atoms with van der Waals surface area (Å²) in [6.45, 7) is 0. The first-order valence-corrected chi connectivity index (χ1v) is 8.12. The highest BCUT2D eigenvalue weighted by Crippen LogP contribution is 2.53. The predicted molar refractivity (Wildman–Crippen MR) is 83.6 cm³/mol. The molecular formula is C18H16N2O3. The van der Waals surface area contributed by atoms with Crippen LogP contribution < -0.4 is 10.2 Å². The van der Waals surface area contributed by atoms with Crippen LogP contribution in [0.15, 0.2) is 30.4 Å². The van der Waals surface area contributed by atoms with Gasteiger partial charge in [-0.15, -0.1) is 0 Å². The van der Waals surface area contributed by atoms with Crippen LogP contribution in [0.5, 0.6) is 0 Å². The minimum atomic E-state index is -0.192. The predicted octanol–water partition coefficient (Wildman–Crippen LogP) is 1.88. The standard InChI is InChI=1S/C18H16N2O3/c21-14-6-4-9-3-5-12(8-13(9)19-14)20-17(22)15-10-1-2-11(7-10)16(15)18(20)23/h1-3,5,8,10-11,15-16H,4,6-7H2,(H,19,21). The summed E-state index contributed by atoms with van der Waals surface area (Å²) in [5, 5.41) is 2.83. The van der Waals surface area contributed by atoms with Gasteiger partial charge in [-0.2, -0.15) is 0 Å². The number of allylic oxidation sites excluding steroid dienone is 2. The molecule has 2 heterocycles. The average molecular weight is 308 g/mol. The molecule has 5 nitrogen and oxygen atoms in total. The minimum absolute atomic E-state index is 0.0205. The number of imide groups is 1. The highest BCUT2D eigenvalue weighted by atomic mass is 16.2. The monoisotopic (exact) mass is 308 g/mol. The van der Waals surface area contributed by atoms with E-state index in [2.05, 4.69) is 17.5 Å². The second kappa shape index (κ2) is 4.31. The van der Waals surface area contributed by atoms with Crippen molar-refractivity contribution in [3.8, 4) is 0 Å². The SMILES string of the molecule is O=C1CCc2ccc(N3C(=O)C4C5C=CC(C5)C4C3=O)cc2N1. The van der Waals surface area contributed by atoms with Gasteiger partial charge >= 0.3 is 0 Å². The Hall–Kier alpha value is -2.43. The van der Waals surface area contributed by atoms with Crippen LogP contribution >= 0.6 is 0 Å². The first-order chi connectivity index (χ1) is 11.1. The first kappa shape index (κ1) is 13.0. The Balaban J connectivity index is 1.53. The zero-order valence-corrected chi connectivity index (χ0v) is 12.5. The molecule has 5 heteroatoms. The third-order valence-electron chi connectivity index (χ3n) is 5.72. The van der Waals surface area contributed by atoms with E-state index in [1.807, 2.05) is 12.1 Å². The molecule has 5 rings (SSSR count). The zero-order chi connectivity index (χ0) is 15.7. The summed E-state index contributed by atoms with van der Waals surface area (Å²) < 4.78 is 0. The molecule has 116 valence electrons. The molecule has 2 aliphatic heterocycles. The Bertz CT molecular complexity index is 767. The summed E-state index contributed by atoms with van der Waals surface area (Å²) in [6, 6.07) is 5.49. The summed E-state index contributed by atoms with van der Waals surface area (Å²) in [5.74, 6) is -0.149. The van der Waals surface area contributed by atoms with Crippen molar-refractivity contribution in [1.82, 2.24) is 0 Å². The van der Waals surface area contributed by atoms with Crippen LogP contribution in [0, 0.1) is 23.7 Å². The van der Waals surface area contributed by atoms with Gasteiger partial charge in [-0.1, -0.05) is 18.2 Å². The van der Waals surface area contributed by atoms with Crippen molar-refractivity contribution >= 4 is 29.1 Å². The molecule has 1 saturated carbocycles. The van der Waals surface area contributed by atoms with Crippen molar-refractivity contribution in [2.24, 2.45) is 23.7 Å². The maximum atomic E-state index is 12.8. The fourth-order valence-corrected chi connectivity index (χ4v) is 4.66. The number of nitrogens with one attached hydrogen (secondary N) is 1. The van der Waals surface area contributed by atoms with Crippen molar-refractivity contribution in [2.45, 2.75) is 19.3 Å². The maximum Gasteiger partial charge on any atom is 0.238 e. The Labute approximate surface area is 133 Å². The van der Waals surface area contributed by atoms with Crippen molar-refractivity contribution in [3.63, 3.8) is 0 Å². The summed E-state index contributed by atoms with van der Waals surface area (Å²) in [6.07, 6.45) is 6.29. The number of rotatable bonds is 1. The van der Waals surface area contributed by atoms with E-state index in [1.165, 1.54) is 4.90 Å². The molecule has 2 aliphatic carbocycles. The minimum Gasteiger partial charge on any atom is -0.326 e. The lowest BCUT2D eigenvalue weighted by atomic mass is 9.85. The number of carbonyl (C=O) groups is 3. The number of nitrogens with zero attached hydrogens (tertiary/aromatic N) is 1. The Morgan fingerprint density at radius 3 is 2.35 bits per heavy atom. The topological polar surface area (TPSA) is 66.5 Å². The molecular weight excluding hydrogens is 292 g/mol. The number of benzene rings is 1. The lowest BCUT2D eigenvalue weighted by Crippen LogP contribution is -2.33. The molecule has 4 unspecified atom stereocenters. The van der Waals surface area contributed by atoms with Gasteiger partial charge in [0.05, 0.1) is 17.5 Å². The van der Waals surface area contributed by atoms with E-state index < -0.39 is 0 Å². The Morgan fingerprint density at radius 2 is 1.65 bits per heavy atom. The first-order valence-electron chi connectivity index (χ1n) is 8.12. The quantitative estimate of drug-likeness (QED) is 0.636. The van der Waals surface area contributed by atoms with Gasteiger partial charge in [0.2, 0.25) is 17.7 Å². The van der Waals surface area contributed by atoms with Crippen LogP contribution in [-0.4, -0.2) is 17.7 Å². The fraction of sp³-hybridized carbons (Fsp3) is 0.389. The van der Waals surface area contributed by atoms with Gasteiger partial charge in [0, 0.05) is 12.1 Å². The molecule has 1 saturated heterocycles. The largest absolute Gasteiger partial charge is 0.326 e. The average Bonchev–Trinajstić information content (AvgIpc) is 3.21. The number of anilines is 2. The van der Waals surface area contributed by atoms with Gasteiger partial charge in [0.25, 0.3) is 0 Å². The van der Waals surface area contributed by atoms with Crippen LogP contribution in [0.2, 0.25) is 0 Å². The highest BCUT2D eigenvalue weighted by molar-refractivity contribution is 6.23. The summed E-state index contributed by atoms with van der Waals surface area (Å²) in [4.78, 5) is 38.5. The smallest absolute Gasteiger partial charge is 0.238 e. The van der Waals surface area contributed by atoms with Crippen molar-refractivity contribution in [2.75, 3.05) is 10.2 Å². The second-order valence-electron chi connectivity index (χ2n) is 6.90. The lowest BCUT2D eigenvalue weighted by molar-refractivity contribution is -0.123. The molecule has 0 spiro atoms. The molecule has 3 amide bonds. The van der Waals surface area contributed by atoms with Gasteiger partial charge < -0.3 is 5.32 Å². The van der Waals surface area contributed by atoms with Crippen LogP contribution in [-0.2, 0) is 20.8 Å². The normalized spacial score (nSPS) is 33.9. The van der Waals surface area contributed by atoms with E-state index in [0.29, 0.717) is 18.5 Å². The van der Waals surface area contributed by atoms with Gasteiger partial charge in [0.1, 0.15) is 0 Å². The van der Waals surface area contributed by atoms with Crippen LogP contribution in [0.25, 0.3) is 0 Å². The van der Waals surface area contributed by atoms with E-state index >= 15 is 0 Å². The van der Waals surface area contributed by atoms with E-state index in [4.69, 9.17) is 0 Å². The Morgan fingerprint density at radius 1 is 0.957 bits per heavy atom. The van der Waals surface area contributed by atoms with Crippen LogP contribution in [0.3, 0.4) is 0 Å². The van der Waals surface area contributed by atoms with E-state index in [0.717, 1.165) is 17.7 Å². The Kier molecular flexibility index (Phi) is 2.45.